The van der Waals surface area contributed by atoms with Crippen molar-refractivity contribution in [1.29, 1.82) is 0 Å². The van der Waals surface area contributed by atoms with Gasteiger partial charge in [0.1, 0.15) is 0 Å². The fourth-order valence-electron chi connectivity index (χ4n) is 0.712. The Morgan fingerprint density at radius 1 is 1.50 bits per heavy atom. The third-order valence-corrected chi connectivity index (χ3v) is 1.26. The van der Waals surface area contributed by atoms with Crippen molar-refractivity contribution < 1.29 is 4.79 Å². The summed E-state index contributed by atoms with van der Waals surface area (Å²) < 4.78 is 0. The Morgan fingerprint density at radius 3 is 2.70 bits per heavy atom. The molecule has 2 heteroatoms. The van der Waals surface area contributed by atoms with Crippen molar-refractivity contribution in [2.45, 2.75) is 39.5 Å². The van der Waals surface area contributed by atoms with Gasteiger partial charge >= 0.3 is 0 Å². The van der Waals surface area contributed by atoms with E-state index in [1.54, 1.807) is 0 Å². The van der Waals surface area contributed by atoms with Crippen LogP contribution < -0.4 is 5.32 Å². The van der Waals surface area contributed by atoms with Gasteiger partial charge in [-0.3, -0.25) is 4.79 Å². The predicted molar refractivity (Wildman–Crippen MR) is 42.3 cm³/mol. The Labute approximate surface area is 63.0 Å². The zero-order valence-corrected chi connectivity index (χ0v) is 6.81. The van der Waals surface area contributed by atoms with Crippen molar-refractivity contribution in [2.24, 2.45) is 0 Å². The van der Waals surface area contributed by atoms with Crippen LogP contribution in [0, 0.1) is 6.54 Å². The van der Waals surface area contributed by atoms with E-state index in [2.05, 4.69) is 12.2 Å². The maximum absolute atomic E-state index is 10.3. The molecule has 2 nitrogen and oxygen atoms in total. The SMILES string of the molecule is CCCCC[CH]NC(C)=O. The first kappa shape index (κ1) is 9.47. The highest BCUT2D eigenvalue weighted by molar-refractivity contribution is 5.73. The molecule has 0 fully saturated rings. The second-order valence-electron chi connectivity index (χ2n) is 2.40. The van der Waals surface area contributed by atoms with Gasteiger partial charge in [0, 0.05) is 13.5 Å². The van der Waals surface area contributed by atoms with Crippen LogP contribution in [0.15, 0.2) is 0 Å². The van der Waals surface area contributed by atoms with E-state index in [9.17, 15) is 4.79 Å². The Balaban J connectivity index is 2.84. The number of rotatable bonds is 5. The van der Waals surface area contributed by atoms with Gasteiger partial charge in [-0.1, -0.05) is 26.2 Å². The van der Waals surface area contributed by atoms with Gasteiger partial charge in [0.25, 0.3) is 0 Å². The first-order chi connectivity index (χ1) is 4.77. The Bertz CT molecular complexity index is 91.3. The van der Waals surface area contributed by atoms with Crippen LogP contribution >= 0.6 is 0 Å². The van der Waals surface area contributed by atoms with E-state index in [0.717, 1.165) is 6.42 Å². The smallest absolute Gasteiger partial charge is 0.217 e. The lowest BCUT2D eigenvalue weighted by Gasteiger charge is -1.98. The van der Waals surface area contributed by atoms with Gasteiger partial charge in [0.2, 0.25) is 5.91 Å². The third-order valence-electron chi connectivity index (χ3n) is 1.26. The van der Waals surface area contributed by atoms with Gasteiger partial charge in [0.05, 0.1) is 0 Å². The molecule has 0 saturated heterocycles. The number of amides is 1. The van der Waals surface area contributed by atoms with Crippen LogP contribution in [0.25, 0.3) is 0 Å². The standard InChI is InChI=1S/C8H16NO/c1-3-4-5-6-7-9-8(2)10/h7H,3-6H2,1-2H3,(H,9,10). The average molecular weight is 142 g/mol. The summed E-state index contributed by atoms with van der Waals surface area (Å²) in [6.45, 7) is 5.52. The fourth-order valence-corrected chi connectivity index (χ4v) is 0.712. The third kappa shape index (κ3) is 7.47. The lowest BCUT2D eigenvalue weighted by molar-refractivity contribution is -0.118. The molecule has 0 atom stereocenters. The normalized spacial score (nSPS) is 9.40. The van der Waals surface area contributed by atoms with Gasteiger partial charge < -0.3 is 5.32 Å². The molecule has 0 aliphatic carbocycles. The predicted octanol–water partition coefficient (Wildman–Crippen LogP) is 1.86. The summed E-state index contributed by atoms with van der Waals surface area (Å²) >= 11 is 0. The Morgan fingerprint density at radius 2 is 2.20 bits per heavy atom. The number of nitrogens with one attached hydrogen (secondary N) is 1. The molecular weight excluding hydrogens is 126 g/mol. The molecule has 1 N–H and O–H groups in total. The zero-order chi connectivity index (χ0) is 7.82. The van der Waals surface area contributed by atoms with Gasteiger partial charge in [0.15, 0.2) is 0 Å². The van der Waals surface area contributed by atoms with Gasteiger partial charge in [-0.15, -0.1) is 0 Å². The molecule has 1 amide bonds. The molecule has 0 aromatic heterocycles. The molecule has 0 aliphatic rings. The minimum absolute atomic E-state index is 0.0245. The number of hydrogen-bond donors (Lipinski definition) is 1. The maximum atomic E-state index is 10.3. The monoisotopic (exact) mass is 142 g/mol. The van der Waals surface area contributed by atoms with E-state index in [1.165, 1.54) is 26.2 Å². The first-order valence-electron chi connectivity index (χ1n) is 3.86. The number of unbranched alkanes of at least 4 members (excludes halogenated alkanes) is 3. The molecule has 0 unspecified atom stereocenters. The molecule has 0 aliphatic heterocycles. The van der Waals surface area contributed by atoms with Crippen molar-refractivity contribution >= 4 is 5.91 Å². The summed E-state index contributed by atoms with van der Waals surface area (Å²) in [5, 5.41) is 2.64. The number of carbonyl (C=O) groups excluding carboxylic acids is 1. The number of carbonyl (C=O) groups is 1. The summed E-state index contributed by atoms with van der Waals surface area (Å²) in [7, 11) is 0. The minimum Gasteiger partial charge on any atom is -0.352 e. The van der Waals surface area contributed by atoms with Crippen LogP contribution in [0.4, 0.5) is 0 Å². The van der Waals surface area contributed by atoms with Crippen molar-refractivity contribution in [1.82, 2.24) is 5.32 Å². The fraction of sp³-hybridized carbons (Fsp3) is 0.750. The summed E-state index contributed by atoms with van der Waals surface area (Å²) in [6, 6.07) is 0. The summed E-state index contributed by atoms with van der Waals surface area (Å²) in [5.41, 5.74) is 0. The lowest BCUT2D eigenvalue weighted by Crippen LogP contribution is -2.15. The lowest BCUT2D eigenvalue weighted by atomic mass is 10.2. The van der Waals surface area contributed by atoms with E-state index in [0.29, 0.717) is 0 Å². The highest BCUT2D eigenvalue weighted by Gasteiger charge is 1.89. The van der Waals surface area contributed by atoms with Crippen LogP contribution in [-0.4, -0.2) is 5.91 Å². The van der Waals surface area contributed by atoms with E-state index in [-0.39, 0.29) is 5.91 Å². The summed E-state index contributed by atoms with van der Waals surface area (Å²) in [6.07, 6.45) is 4.65. The first-order valence-corrected chi connectivity index (χ1v) is 3.86. The van der Waals surface area contributed by atoms with Crippen LogP contribution in [0.1, 0.15) is 39.5 Å². The molecule has 0 spiro atoms. The van der Waals surface area contributed by atoms with E-state index < -0.39 is 0 Å². The van der Waals surface area contributed by atoms with Crippen molar-refractivity contribution in [2.75, 3.05) is 0 Å². The molecule has 59 valence electrons. The summed E-state index contributed by atoms with van der Waals surface area (Å²) in [5.74, 6) is 0.0245. The molecule has 0 aromatic carbocycles. The van der Waals surface area contributed by atoms with Gasteiger partial charge in [-0.25, -0.2) is 0 Å². The van der Waals surface area contributed by atoms with Crippen molar-refractivity contribution in [3.05, 3.63) is 6.54 Å². The Kier molecular flexibility index (Phi) is 6.24. The van der Waals surface area contributed by atoms with Crippen LogP contribution in [-0.2, 0) is 4.79 Å². The van der Waals surface area contributed by atoms with Gasteiger partial charge in [-0.05, 0) is 6.42 Å². The topological polar surface area (TPSA) is 29.1 Å². The molecular formula is C8H16NO. The highest BCUT2D eigenvalue weighted by Crippen LogP contribution is 1.98. The van der Waals surface area contributed by atoms with Crippen LogP contribution in [0.3, 0.4) is 0 Å². The van der Waals surface area contributed by atoms with E-state index in [4.69, 9.17) is 0 Å². The largest absolute Gasteiger partial charge is 0.352 e. The second kappa shape index (κ2) is 6.59. The molecule has 1 radical (unpaired) electrons. The second-order valence-corrected chi connectivity index (χ2v) is 2.40. The van der Waals surface area contributed by atoms with E-state index >= 15 is 0 Å². The summed E-state index contributed by atoms with van der Waals surface area (Å²) in [4.78, 5) is 10.3. The van der Waals surface area contributed by atoms with E-state index in [1.807, 2.05) is 6.54 Å². The van der Waals surface area contributed by atoms with Crippen molar-refractivity contribution in [3.63, 3.8) is 0 Å². The molecule has 0 aromatic rings. The van der Waals surface area contributed by atoms with Crippen molar-refractivity contribution in [3.8, 4) is 0 Å². The van der Waals surface area contributed by atoms with Crippen LogP contribution in [0.2, 0.25) is 0 Å². The zero-order valence-electron chi connectivity index (χ0n) is 6.81. The maximum Gasteiger partial charge on any atom is 0.217 e. The Hall–Kier alpha value is -0.530. The molecule has 0 saturated carbocycles. The van der Waals surface area contributed by atoms with Gasteiger partial charge in [-0.2, -0.15) is 0 Å². The highest BCUT2D eigenvalue weighted by atomic mass is 16.1. The minimum atomic E-state index is 0.0245. The molecule has 0 bridgehead atoms. The quantitative estimate of drug-likeness (QED) is 0.583. The van der Waals surface area contributed by atoms with Crippen LogP contribution in [0.5, 0.6) is 0 Å². The average Bonchev–Trinajstić information content (AvgIpc) is 1.87. The molecule has 10 heavy (non-hydrogen) atoms. The number of hydrogen-bond acceptors (Lipinski definition) is 1. The molecule has 0 heterocycles. The molecule has 0 rings (SSSR count).